The highest BCUT2D eigenvalue weighted by Gasteiger charge is 2.13. The monoisotopic (exact) mass is 390 g/mol. The van der Waals surface area contributed by atoms with Crippen molar-refractivity contribution in [3.05, 3.63) is 59.8 Å². The van der Waals surface area contributed by atoms with Crippen LogP contribution in [0.1, 0.15) is 19.0 Å². The van der Waals surface area contributed by atoms with Crippen LogP contribution in [-0.2, 0) is 16.8 Å². The van der Waals surface area contributed by atoms with Gasteiger partial charge in [-0.25, -0.2) is 4.98 Å². The van der Waals surface area contributed by atoms with Crippen molar-refractivity contribution < 1.29 is 13.5 Å². The van der Waals surface area contributed by atoms with E-state index in [-0.39, 0.29) is 5.75 Å². The van der Waals surface area contributed by atoms with Gasteiger partial charge in [0.15, 0.2) is 5.15 Å². The predicted octanol–water partition coefficient (Wildman–Crippen LogP) is 3.76. The Hall–Kier alpha value is -2.22. The lowest BCUT2D eigenvalue weighted by molar-refractivity contribution is 0.317. The number of nitrogens with zero attached hydrogens (tertiary/aromatic N) is 3. The number of rotatable bonds is 7. The molecule has 1 atom stereocenters. The SMILES string of the molecule is CCCOc1ccc(-c2c(Cl)ncn2-c2ccc(CS(=O)[O-])nc2)cc1. The molecule has 0 aliphatic heterocycles. The Kier molecular flexibility index (Phi) is 6.03. The van der Waals surface area contributed by atoms with E-state index in [1.165, 1.54) is 0 Å². The first-order valence-corrected chi connectivity index (χ1v) is 9.68. The van der Waals surface area contributed by atoms with Crippen molar-refractivity contribution in [1.82, 2.24) is 14.5 Å². The summed E-state index contributed by atoms with van der Waals surface area (Å²) in [5, 5.41) is 0.372. The zero-order valence-electron chi connectivity index (χ0n) is 14.1. The molecular formula is C18H17ClN3O3S-. The summed E-state index contributed by atoms with van der Waals surface area (Å²) in [6.07, 6.45) is 4.16. The molecule has 0 spiro atoms. The van der Waals surface area contributed by atoms with Gasteiger partial charge in [0.25, 0.3) is 0 Å². The summed E-state index contributed by atoms with van der Waals surface area (Å²) in [6.45, 7) is 2.73. The quantitative estimate of drug-likeness (QED) is 0.574. The lowest BCUT2D eigenvalue weighted by atomic mass is 10.1. The molecule has 3 aromatic rings. The molecule has 0 N–H and O–H groups in total. The lowest BCUT2D eigenvalue weighted by Crippen LogP contribution is -2.00. The predicted molar refractivity (Wildman–Crippen MR) is 100 cm³/mol. The van der Waals surface area contributed by atoms with Gasteiger partial charge in [-0.2, -0.15) is 0 Å². The first kappa shape index (κ1) is 18.6. The van der Waals surface area contributed by atoms with Gasteiger partial charge in [0.05, 0.1) is 35.6 Å². The van der Waals surface area contributed by atoms with Crippen molar-refractivity contribution in [2.24, 2.45) is 0 Å². The summed E-state index contributed by atoms with van der Waals surface area (Å²) < 4.78 is 29.0. The second kappa shape index (κ2) is 8.44. The summed E-state index contributed by atoms with van der Waals surface area (Å²) in [4.78, 5) is 8.37. The average Bonchev–Trinajstić information content (AvgIpc) is 3.02. The normalized spacial score (nSPS) is 12.1. The summed E-state index contributed by atoms with van der Waals surface area (Å²) in [5.41, 5.74) is 2.84. The van der Waals surface area contributed by atoms with Crippen molar-refractivity contribution in [1.29, 1.82) is 0 Å². The Morgan fingerprint density at radius 2 is 1.96 bits per heavy atom. The summed E-state index contributed by atoms with van der Waals surface area (Å²) in [6, 6.07) is 11.1. The summed E-state index contributed by atoms with van der Waals surface area (Å²) in [7, 11) is 0. The van der Waals surface area contributed by atoms with Crippen LogP contribution in [0.25, 0.3) is 16.9 Å². The Morgan fingerprint density at radius 1 is 1.19 bits per heavy atom. The van der Waals surface area contributed by atoms with Crippen LogP contribution in [0.4, 0.5) is 0 Å². The maximum atomic E-state index is 10.8. The number of imidazole rings is 1. The van der Waals surface area contributed by atoms with E-state index in [4.69, 9.17) is 16.3 Å². The maximum absolute atomic E-state index is 10.8. The smallest absolute Gasteiger partial charge is 0.155 e. The highest BCUT2D eigenvalue weighted by atomic mass is 35.5. The fraction of sp³-hybridized carbons (Fsp3) is 0.222. The molecule has 0 saturated heterocycles. The molecule has 0 saturated carbocycles. The second-order valence-electron chi connectivity index (χ2n) is 5.58. The minimum Gasteiger partial charge on any atom is -0.772 e. The summed E-state index contributed by atoms with van der Waals surface area (Å²) >= 11 is 4.12. The van der Waals surface area contributed by atoms with Crippen LogP contribution < -0.4 is 4.74 Å². The Morgan fingerprint density at radius 3 is 2.58 bits per heavy atom. The van der Waals surface area contributed by atoms with Gasteiger partial charge < -0.3 is 9.29 Å². The molecule has 0 radical (unpaired) electrons. The van der Waals surface area contributed by atoms with E-state index in [0.29, 0.717) is 17.5 Å². The van der Waals surface area contributed by atoms with Crippen LogP contribution in [0, 0.1) is 0 Å². The molecule has 3 rings (SSSR count). The van der Waals surface area contributed by atoms with Gasteiger partial charge in [-0.15, -0.1) is 0 Å². The van der Waals surface area contributed by atoms with Crippen LogP contribution in [0.2, 0.25) is 5.15 Å². The van der Waals surface area contributed by atoms with Gasteiger partial charge in [0.2, 0.25) is 0 Å². The topological polar surface area (TPSA) is 80.1 Å². The standard InChI is InChI=1S/C18H18ClN3O3S/c1-2-9-25-16-7-3-13(4-8-16)17-18(19)21-12-22(17)15-6-5-14(20-10-15)11-26(23)24/h3-8,10,12H,2,9,11H2,1H3,(H,23,24)/p-1. The Bertz CT molecular complexity index is 895. The average molecular weight is 391 g/mol. The lowest BCUT2D eigenvalue weighted by Gasteiger charge is -2.11. The number of benzene rings is 1. The van der Waals surface area contributed by atoms with Crippen molar-refractivity contribution >= 4 is 22.7 Å². The molecule has 2 aromatic heterocycles. The molecule has 0 amide bonds. The number of aromatic nitrogens is 3. The van der Waals surface area contributed by atoms with Gasteiger partial charge >= 0.3 is 0 Å². The van der Waals surface area contributed by atoms with E-state index in [1.54, 1.807) is 24.7 Å². The Balaban J connectivity index is 1.90. The van der Waals surface area contributed by atoms with Crippen molar-refractivity contribution in [2.75, 3.05) is 6.61 Å². The Labute approximate surface area is 159 Å². The minimum absolute atomic E-state index is 0.114. The van der Waals surface area contributed by atoms with E-state index in [0.717, 1.165) is 29.1 Å². The molecule has 2 heterocycles. The first-order valence-electron chi connectivity index (χ1n) is 8.05. The van der Waals surface area contributed by atoms with E-state index in [2.05, 4.69) is 16.9 Å². The molecule has 0 aliphatic carbocycles. The first-order chi connectivity index (χ1) is 12.6. The fourth-order valence-electron chi connectivity index (χ4n) is 2.47. The van der Waals surface area contributed by atoms with Gasteiger partial charge in [-0.1, -0.05) is 18.5 Å². The second-order valence-corrected chi connectivity index (χ2v) is 6.84. The number of hydrogen-bond donors (Lipinski definition) is 0. The maximum Gasteiger partial charge on any atom is 0.155 e. The molecule has 8 heteroatoms. The van der Waals surface area contributed by atoms with Crippen molar-refractivity contribution in [3.63, 3.8) is 0 Å². The van der Waals surface area contributed by atoms with E-state index in [9.17, 15) is 8.76 Å². The van der Waals surface area contributed by atoms with Crippen LogP contribution in [0.3, 0.4) is 0 Å². The highest BCUT2D eigenvalue weighted by Crippen LogP contribution is 2.30. The minimum atomic E-state index is -2.17. The van der Waals surface area contributed by atoms with Gasteiger partial charge in [-0.3, -0.25) is 13.8 Å². The van der Waals surface area contributed by atoms with Crippen molar-refractivity contribution in [3.8, 4) is 22.7 Å². The van der Waals surface area contributed by atoms with Crippen LogP contribution in [-0.4, -0.2) is 29.9 Å². The molecule has 6 nitrogen and oxygen atoms in total. The number of ether oxygens (including phenoxy) is 1. The van der Waals surface area contributed by atoms with Crippen LogP contribution in [0.5, 0.6) is 5.75 Å². The van der Waals surface area contributed by atoms with Gasteiger partial charge in [0, 0.05) is 5.56 Å². The third kappa shape index (κ3) is 4.30. The van der Waals surface area contributed by atoms with E-state index >= 15 is 0 Å². The third-order valence-corrected chi connectivity index (χ3v) is 4.48. The molecule has 26 heavy (non-hydrogen) atoms. The zero-order chi connectivity index (χ0) is 18.5. The number of hydrogen-bond acceptors (Lipinski definition) is 5. The fourth-order valence-corrected chi connectivity index (χ4v) is 3.13. The van der Waals surface area contributed by atoms with Gasteiger partial charge in [-0.05, 0) is 53.9 Å². The van der Waals surface area contributed by atoms with Crippen LogP contribution in [0.15, 0.2) is 48.9 Å². The van der Waals surface area contributed by atoms with E-state index in [1.807, 2.05) is 28.8 Å². The summed E-state index contributed by atoms with van der Waals surface area (Å²) in [5.74, 6) is 0.686. The third-order valence-electron chi connectivity index (χ3n) is 3.68. The highest BCUT2D eigenvalue weighted by molar-refractivity contribution is 7.78. The van der Waals surface area contributed by atoms with E-state index < -0.39 is 11.1 Å². The molecule has 1 aromatic carbocycles. The molecule has 0 fully saturated rings. The number of halogens is 1. The molecule has 0 aliphatic rings. The molecule has 136 valence electrons. The molecule has 0 bridgehead atoms. The zero-order valence-corrected chi connectivity index (χ0v) is 15.7. The number of pyridine rings is 1. The largest absolute Gasteiger partial charge is 0.772 e. The molecular weight excluding hydrogens is 374 g/mol. The van der Waals surface area contributed by atoms with Gasteiger partial charge in [0.1, 0.15) is 12.1 Å². The van der Waals surface area contributed by atoms with Crippen LogP contribution >= 0.6 is 11.6 Å². The van der Waals surface area contributed by atoms with Crippen molar-refractivity contribution in [2.45, 2.75) is 19.1 Å². The molecule has 1 unspecified atom stereocenters.